The van der Waals surface area contributed by atoms with Gasteiger partial charge in [0.15, 0.2) is 0 Å². The molecule has 0 unspecified atom stereocenters. The highest BCUT2D eigenvalue weighted by Gasteiger charge is 2.24. The molecule has 2 aliphatic rings. The molecule has 0 saturated carbocycles. The molecule has 8 aromatic carbocycles. The van der Waals surface area contributed by atoms with E-state index in [2.05, 4.69) is 51.7 Å². The summed E-state index contributed by atoms with van der Waals surface area (Å²) in [5, 5.41) is 49.4. The largest absolute Gasteiger partial charge is 0.478 e. The topological polar surface area (TPSA) is 268 Å². The van der Waals surface area contributed by atoms with Crippen LogP contribution in [0.5, 0.6) is 0 Å². The molecule has 6 N–H and O–H groups in total. The van der Waals surface area contributed by atoms with Crippen LogP contribution in [0.1, 0.15) is 102 Å². The molecule has 2 aromatic heterocycles. The molecule has 10 aromatic rings. The number of anilines is 2. The number of piperidine rings is 2. The zero-order valence-electron chi connectivity index (χ0n) is 46.7. The highest BCUT2D eigenvalue weighted by molar-refractivity contribution is 6.01. The SMILES string of the molecule is CCNC(=O)c1ccc2nnn(O)c2c1.CCNC(=O)c1ccc2nnn(OC(=O)c3ccc(N4CCC(NC(=O)c5ccc6ccccc6c5)CC4)cc3)c2c1.O=C(O)c1ccc(N2CCC(NC(=O)c3ccc4ccccc4c3)CC2)cc1. The highest BCUT2D eigenvalue weighted by Crippen LogP contribution is 2.25. The van der Waals surface area contributed by atoms with Gasteiger partial charge in [-0.3, -0.25) is 19.2 Å². The van der Waals surface area contributed by atoms with Crippen LogP contribution in [-0.4, -0.2) is 128 Å². The van der Waals surface area contributed by atoms with E-state index in [0.717, 1.165) is 89.6 Å². The number of carboxylic acid groups (broad SMARTS) is 1. The van der Waals surface area contributed by atoms with Crippen molar-refractivity contribution < 1.29 is 43.9 Å². The number of aromatic nitrogens is 6. The third-order valence-corrected chi connectivity index (χ3v) is 14.8. The number of carbonyl (C=O) groups excluding carboxylic acids is 5. The molecule has 0 atom stereocenters. The van der Waals surface area contributed by atoms with Crippen molar-refractivity contribution in [2.75, 3.05) is 49.1 Å². The Morgan fingerprint density at radius 1 is 0.471 bits per heavy atom. The van der Waals surface area contributed by atoms with Crippen molar-refractivity contribution in [3.8, 4) is 0 Å². The quantitative estimate of drug-likeness (QED) is 0.0468. The van der Waals surface area contributed by atoms with E-state index in [4.69, 9.17) is 9.94 Å². The van der Waals surface area contributed by atoms with E-state index < -0.39 is 11.9 Å². The van der Waals surface area contributed by atoms with Crippen molar-refractivity contribution in [2.24, 2.45) is 0 Å². The van der Waals surface area contributed by atoms with Crippen molar-refractivity contribution in [3.63, 3.8) is 0 Å². The smallest absolute Gasteiger partial charge is 0.365 e. The average molecular weight is 1140 g/mol. The van der Waals surface area contributed by atoms with Gasteiger partial charge in [0.2, 0.25) is 0 Å². The maximum atomic E-state index is 12.9. The van der Waals surface area contributed by atoms with Crippen molar-refractivity contribution in [1.82, 2.24) is 51.6 Å². The number of benzene rings is 8. The monoisotopic (exact) mass is 1140 g/mol. The van der Waals surface area contributed by atoms with Gasteiger partial charge in [-0.15, -0.1) is 10.2 Å². The summed E-state index contributed by atoms with van der Waals surface area (Å²) in [6.07, 6.45) is 3.36. The van der Waals surface area contributed by atoms with E-state index in [9.17, 15) is 34.0 Å². The molecular formula is C64H62N12O9. The standard InChI is InChI=1S/C32H30N6O4.C23H22N2O3.C9H10N4O2/c1-2-33-30(39)25-11-14-28-29(20-25)38(36-35-28)42-32(41)22-9-12-27(13-10-22)37-17-15-26(16-18-37)34-31(40)24-8-7-21-5-3-4-6-23(21)19-24;26-22(19-6-5-16-3-1-2-4-18(16)15-19)24-20-11-13-25(14-12-20)21-9-7-17(8-10-21)23(27)28;1-2-10-9(14)6-3-4-7-8(5-6)13(15)12-11-7/h3-14,19-20,26H,2,15-18H2,1H3,(H,33,39)(H,34,40);1-10,15,20H,11-14H2,(H,24,26)(H,27,28);3-5,15H,2H2,1H3,(H,10,14). The number of aromatic carboxylic acids is 1. The molecular weight excluding hydrogens is 1080 g/mol. The molecule has 432 valence electrons. The second kappa shape index (κ2) is 26.5. The molecule has 2 saturated heterocycles. The lowest BCUT2D eigenvalue weighted by Gasteiger charge is -2.34. The number of carbonyl (C=O) groups is 6. The number of fused-ring (bicyclic) bond motifs is 4. The van der Waals surface area contributed by atoms with Gasteiger partial charge >= 0.3 is 11.9 Å². The van der Waals surface area contributed by atoms with Gasteiger partial charge in [-0.2, -0.15) is 0 Å². The van der Waals surface area contributed by atoms with Crippen LogP contribution in [0.4, 0.5) is 11.4 Å². The zero-order chi connectivity index (χ0) is 59.4. The van der Waals surface area contributed by atoms with Crippen molar-refractivity contribution in [1.29, 1.82) is 0 Å². The minimum Gasteiger partial charge on any atom is -0.478 e. The van der Waals surface area contributed by atoms with E-state index in [0.29, 0.717) is 73.4 Å². The molecule has 21 nitrogen and oxygen atoms in total. The lowest BCUT2D eigenvalue weighted by atomic mass is 10.0. The van der Waals surface area contributed by atoms with Gasteiger partial charge < -0.3 is 46.2 Å². The molecule has 2 aliphatic heterocycles. The summed E-state index contributed by atoms with van der Waals surface area (Å²) in [4.78, 5) is 84.6. The van der Waals surface area contributed by atoms with Crippen molar-refractivity contribution in [2.45, 2.75) is 51.6 Å². The maximum absolute atomic E-state index is 12.9. The third-order valence-electron chi connectivity index (χ3n) is 14.8. The summed E-state index contributed by atoms with van der Waals surface area (Å²) < 4.78 is 0. The number of amides is 4. The predicted octanol–water partition coefficient (Wildman–Crippen LogP) is 8.36. The van der Waals surface area contributed by atoms with Crippen LogP contribution in [0.2, 0.25) is 0 Å². The van der Waals surface area contributed by atoms with Crippen LogP contribution >= 0.6 is 0 Å². The van der Waals surface area contributed by atoms with Crippen LogP contribution < -0.4 is 35.9 Å². The van der Waals surface area contributed by atoms with Gasteiger partial charge in [-0.1, -0.05) is 70.4 Å². The zero-order valence-corrected chi connectivity index (χ0v) is 46.7. The molecule has 12 rings (SSSR count). The fraction of sp³-hybridized carbons (Fsp3) is 0.219. The van der Waals surface area contributed by atoms with E-state index >= 15 is 0 Å². The Balaban J connectivity index is 0.000000159. The van der Waals surface area contributed by atoms with Crippen molar-refractivity contribution in [3.05, 3.63) is 203 Å². The number of nitrogens with one attached hydrogen (secondary N) is 4. The van der Waals surface area contributed by atoms with E-state index in [1.807, 2.05) is 123 Å². The van der Waals surface area contributed by atoms with Gasteiger partial charge in [-0.05, 0) is 181 Å². The molecule has 0 aliphatic carbocycles. The second-order valence-corrected chi connectivity index (χ2v) is 20.4. The molecule has 0 spiro atoms. The van der Waals surface area contributed by atoms with E-state index in [-0.39, 0.29) is 35.7 Å². The lowest BCUT2D eigenvalue weighted by molar-refractivity contribution is 0.0408. The predicted molar refractivity (Wildman–Crippen MR) is 322 cm³/mol. The first-order valence-electron chi connectivity index (χ1n) is 28.0. The van der Waals surface area contributed by atoms with Crippen molar-refractivity contribution >= 4 is 90.6 Å². The van der Waals surface area contributed by atoms with Gasteiger partial charge in [0, 0.05) is 85.0 Å². The maximum Gasteiger partial charge on any atom is 0.365 e. The summed E-state index contributed by atoms with van der Waals surface area (Å²) in [7, 11) is 0. The number of nitrogens with zero attached hydrogens (tertiary/aromatic N) is 8. The summed E-state index contributed by atoms with van der Waals surface area (Å²) >= 11 is 0. The normalized spacial score (nSPS) is 13.5. The van der Waals surface area contributed by atoms with Crippen LogP contribution in [-0.2, 0) is 0 Å². The van der Waals surface area contributed by atoms with Crippen LogP contribution in [0.25, 0.3) is 43.6 Å². The minimum atomic E-state index is -0.915. The summed E-state index contributed by atoms with van der Waals surface area (Å²) in [5.41, 5.74) is 6.79. The van der Waals surface area contributed by atoms with E-state index in [1.54, 1.807) is 60.7 Å². The molecule has 0 bridgehead atoms. The van der Waals surface area contributed by atoms with Crippen LogP contribution in [0.3, 0.4) is 0 Å². The first-order valence-corrected chi connectivity index (χ1v) is 28.0. The number of rotatable bonds is 13. The van der Waals surface area contributed by atoms with Gasteiger partial charge in [0.25, 0.3) is 23.6 Å². The molecule has 4 heterocycles. The van der Waals surface area contributed by atoms with Gasteiger partial charge in [0.05, 0.1) is 11.1 Å². The first-order chi connectivity index (χ1) is 41.3. The number of hydrogen-bond donors (Lipinski definition) is 6. The van der Waals surface area contributed by atoms with Crippen LogP contribution in [0.15, 0.2) is 170 Å². The summed E-state index contributed by atoms with van der Waals surface area (Å²) in [6.45, 7) is 7.97. The molecule has 85 heavy (non-hydrogen) atoms. The van der Waals surface area contributed by atoms with Gasteiger partial charge in [0.1, 0.15) is 22.1 Å². The van der Waals surface area contributed by atoms with E-state index in [1.165, 1.54) is 0 Å². The Hall–Kier alpha value is -10.7. The Labute approximate surface area is 488 Å². The number of hydrogen-bond acceptors (Lipinski definition) is 14. The fourth-order valence-corrected chi connectivity index (χ4v) is 10.2. The first kappa shape index (κ1) is 57.5. The Kier molecular flexibility index (Phi) is 17.9. The van der Waals surface area contributed by atoms with Crippen LogP contribution in [0, 0.1) is 0 Å². The molecule has 0 radical (unpaired) electrons. The minimum absolute atomic E-state index is 0.0324. The number of carboxylic acids is 1. The third kappa shape index (κ3) is 14.0. The summed E-state index contributed by atoms with van der Waals surface area (Å²) in [5.74, 6) is -2.00. The average Bonchev–Trinajstić information content (AvgIpc) is 4.12. The molecule has 21 heteroatoms. The highest BCUT2D eigenvalue weighted by atomic mass is 16.7. The van der Waals surface area contributed by atoms with Gasteiger partial charge in [-0.25, -0.2) is 9.59 Å². The summed E-state index contributed by atoms with van der Waals surface area (Å²) in [6, 6.07) is 51.7. The Bertz CT molecular complexity index is 4060. The lowest BCUT2D eigenvalue weighted by Crippen LogP contribution is -2.44. The molecule has 2 fully saturated rings. The Morgan fingerprint density at radius 3 is 1.34 bits per heavy atom. The fourth-order valence-electron chi connectivity index (χ4n) is 10.2. The second-order valence-electron chi connectivity index (χ2n) is 20.4. The molecule has 4 amide bonds. The Morgan fingerprint density at radius 2 is 0.871 bits per heavy atom.